The van der Waals surface area contributed by atoms with Gasteiger partial charge in [0, 0.05) is 0 Å². The van der Waals surface area contributed by atoms with Crippen LogP contribution in [0, 0.1) is 0 Å². The third kappa shape index (κ3) is 4.56. The molecule has 0 aliphatic heterocycles. The molecule has 0 fully saturated rings. The van der Waals surface area contributed by atoms with Crippen molar-refractivity contribution in [3.8, 4) is 5.75 Å². The fourth-order valence-corrected chi connectivity index (χ4v) is 2.61. The van der Waals surface area contributed by atoms with Crippen molar-refractivity contribution in [2.24, 2.45) is 0 Å². The number of alkyl halides is 3. The Morgan fingerprint density at radius 3 is 2.50 bits per heavy atom. The van der Waals surface area contributed by atoms with Crippen molar-refractivity contribution >= 4 is 33.5 Å². The number of carboxylic acid groups (broad SMARTS) is 1. The van der Waals surface area contributed by atoms with E-state index in [1.807, 2.05) is 0 Å². The highest BCUT2D eigenvalue weighted by atomic mass is 79.9. The number of hydrogen-bond acceptors (Lipinski definition) is 2. The second-order valence-corrected chi connectivity index (χ2v) is 5.28. The van der Waals surface area contributed by atoms with Crippen LogP contribution in [-0.2, 0) is 4.79 Å². The molecule has 0 amide bonds. The van der Waals surface area contributed by atoms with Crippen LogP contribution >= 0.6 is 27.5 Å². The van der Waals surface area contributed by atoms with Gasteiger partial charge >= 0.3 is 12.1 Å². The Morgan fingerprint density at radius 1 is 1.50 bits per heavy atom. The maximum Gasteiger partial charge on any atom is 0.422 e. The molecular weight excluding hydrogens is 364 g/mol. The van der Waals surface area contributed by atoms with Crippen molar-refractivity contribution in [2.45, 2.75) is 25.4 Å². The minimum absolute atomic E-state index is 0.0710. The molecule has 1 rings (SSSR count). The number of hydrogen-bond donors (Lipinski definition) is 1. The van der Waals surface area contributed by atoms with E-state index in [4.69, 9.17) is 16.7 Å². The van der Waals surface area contributed by atoms with Gasteiger partial charge in [0.1, 0.15) is 0 Å². The van der Waals surface area contributed by atoms with E-state index in [1.165, 1.54) is 12.1 Å². The average molecular weight is 376 g/mol. The average Bonchev–Trinajstić information content (AvgIpc) is 2.26. The number of ether oxygens (including phenoxy) is 1. The molecule has 0 spiro atoms. The number of carboxylic acids is 1. The molecule has 0 aliphatic rings. The molecule has 112 valence electrons. The Hall–Kier alpha value is -0.950. The molecule has 0 radical (unpaired) electrons. The van der Waals surface area contributed by atoms with Crippen molar-refractivity contribution in [3.05, 3.63) is 27.2 Å². The summed E-state index contributed by atoms with van der Waals surface area (Å²) in [7, 11) is 0. The van der Waals surface area contributed by atoms with Crippen LogP contribution in [0.25, 0.3) is 0 Å². The summed E-state index contributed by atoms with van der Waals surface area (Å²) in [5.74, 6) is -1.96. The largest absolute Gasteiger partial charge is 0.481 e. The summed E-state index contributed by atoms with van der Waals surface area (Å²) < 4.78 is 41.1. The summed E-state index contributed by atoms with van der Waals surface area (Å²) in [6.07, 6.45) is -4.14. The lowest BCUT2D eigenvalue weighted by Crippen LogP contribution is -2.19. The first-order chi connectivity index (χ1) is 9.15. The molecule has 0 saturated carbocycles. The summed E-state index contributed by atoms with van der Waals surface area (Å²) in [5, 5.41) is 8.98. The molecule has 1 aromatic carbocycles. The third-order valence-electron chi connectivity index (χ3n) is 2.51. The Labute approximate surface area is 126 Å². The first kappa shape index (κ1) is 17.1. The zero-order chi connectivity index (χ0) is 15.5. The van der Waals surface area contributed by atoms with Crippen LogP contribution < -0.4 is 4.74 Å². The molecule has 0 saturated heterocycles. The Kier molecular flexibility index (Phi) is 5.70. The molecule has 8 heteroatoms. The van der Waals surface area contributed by atoms with Gasteiger partial charge in [-0.25, -0.2) is 0 Å². The zero-order valence-electron chi connectivity index (χ0n) is 10.3. The molecule has 1 unspecified atom stereocenters. The quantitative estimate of drug-likeness (QED) is 0.817. The van der Waals surface area contributed by atoms with Gasteiger partial charge < -0.3 is 9.84 Å². The number of carbonyl (C=O) groups is 1. The molecule has 0 aliphatic carbocycles. The van der Waals surface area contributed by atoms with Gasteiger partial charge in [0.25, 0.3) is 0 Å². The van der Waals surface area contributed by atoms with Gasteiger partial charge in [0.2, 0.25) is 0 Å². The molecule has 0 bridgehead atoms. The second kappa shape index (κ2) is 6.67. The van der Waals surface area contributed by atoms with Gasteiger partial charge in [-0.15, -0.1) is 0 Å². The summed E-state index contributed by atoms with van der Waals surface area (Å²) in [4.78, 5) is 11.1. The van der Waals surface area contributed by atoms with E-state index in [1.54, 1.807) is 6.92 Å². The Bertz CT molecular complexity index is 482. The van der Waals surface area contributed by atoms with Crippen LogP contribution in [0.15, 0.2) is 16.6 Å². The predicted octanol–water partition coefficient (Wildman–Crippen LogP) is 4.62. The number of aliphatic carboxylic acids is 1. The van der Waals surface area contributed by atoms with E-state index in [0.717, 1.165) is 0 Å². The topological polar surface area (TPSA) is 46.5 Å². The lowest BCUT2D eigenvalue weighted by molar-refractivity contribution is -0.153. The lowest BCUT2D eigenvalue weighted by Gasteiger charge is -2.16. The fraction of sp³-hybridized carbons (Fsp3) is 0.417. The smallest absolute Gasteiger partial charge is 0.422 e. The summed E-state index contributed by atoms with van der Waals surface area (Å²) >= 11 is 8.90. The maximum absolute atomic E-state index is 12.1. The second-order valence-electron chi connectivity index (χ2n) is 4.02. The van der Waals surface area contributed by atoms with Crippen molar-refractivity contribution in [2.75, 3.05) is 6.61 Å². The SMILES string of the molecule is CCC(C(=O)O)c1cc(Cl)c(OCC(F)(F)F)c(Br)c1. The van der Waals surface area contributed by atoms with E-state index >= 15 is 0 Å². The first-order valence-electron chi connectivity index (χ1n) is 5.57. The first-order valence-corrected chi connectivity index (χ1v) is 6.74. The normalized spacial score (nSPS) is 13.1. The highest BCUT2D eigenvalue weighted by Crippen LogP contribution is 2.38. The van der Waals surface area contributed by atoms with Crippen molar-refractivity contribution in [3.63, 3.8) is 0 Å². The van der Waals surface area contributed by atoms with Gasteiger partial charge in [0.05, 0.1) is 15.4 Å². The molecular formula is C12H11BrClF3O3. The molecule has 0 aromatic heterocycles. The minimum Gasteiger partial charge on any atom is -0.481 e. The standard InChI is InChI=1S/C12H11BrClF3O3/c1-2-7(11(18)19)6-3-8(13)10(9(14)4-6)20-5-12(15,16)17/h3-4,7H,2,5H2,1H3,(H,18,19). The number of halogens is 5. The molecule has 20 heavy (non-hydrogen) atoms. The van der Waals surface area contributed by atoms with Gasteiger partial charge in [-0.3, -0.25) is 4.79 Å². The Morgan fingerprint density at radius 2 is 2.10 bits per heavy atom. The minimum atomic E-state index is -4.48. The van der Waals surface area contributed by atoms with Crippen LogP contribution in [0.3, 0.4) is 0 Å². The van der Waals surface area contributed by atoms with Gasteiger partial charge in [0.15, 0.2) is 12.4 Å². The van der Waals surface area contributed by atoms with E-state index in [0.29, 0.717) is 12.0 Å². The van der Waals surface area contributed by atoms with Gasteiger partial charge in [-0.05, 0) is 40.0 Å². The van der Waals surface area contributed by atoms with E-state index in [-0.39, 0.29) is 15.2 Å². The number of rotatable bonds is 5. The van der Waals surface area contributed by atoms with Crippen molar-refractivity contribution in [1.29, 1.82) is 0 Å². The lowest BCUT2D eigenvalue weighted by atomic mass is 9.97. The van der Waals surface area contributed by atoms with Gasteiger partial charge in [-0.1, -0.05) is 18.5 Å². The van der Waals surface area contributed by atoms with Crippen LogP contribution in [0.5, 0.6) is 5.75 Å². The van der Waals surface area contributed by atoms with Crippen LogP contribution in [0.1, 0.15) is 24.8 Å². The molecule has 1 N–H and O–H groups in total. The van der Waals surface area contributed by atoms with Crippen LogP contribution in [0.2, 0.25) is 5.02 Å². The third-order valence-corrected chi connectivity index (χ3v) is 3.38. The molecule has 1 atom stereocenters. The summed E-state index contributed by atoms with van der Waals surface area (Å²) in [6.45, 7) is 0.218. The van der Waals surface area contributed by atoms with E-state index in [2.05, 4.69) is 20.7 Å². The van der Waals surface area contributed by atoms with Crippen LogP contribution in [0.4, 0.5) is 13.2 Å². The predicted molar refractivity (Wildman–Crippen MR) is 71.4 cm³/mol. The Balaban J connectivity index is 3.05. The maximum atomic E-state index is 12.1. The van der Waals surface area contributed by atoms with Crippen LogP contribution in [-0.4, -0.2) is 23.9 Å². The zero-order valence-corrected chi connectivity index (χ0v) is 12.6. The highest BCUT2D eigenvalue weighted by molar-refractivity contribution is 9.10. The molecule has 0 heterocycles. The van der Waals surface area contributed by atoms with E-state index in [9.17, 15) is 18.0 Å². The van der Waals surface area contributed by atoms with E-state index < -0.39 is 24.7 Å². The highest BCUT2D eigenvalue weighted by Gasteiger charge is 2.29. The van der Waals surface area contributed by atoms with Gasteiger partial charge in [-0.2, -0.15) is 13.2 Å². The monoisotopic (exact) mass is 374 g/mol. The summed E-state index contributed by atoms with van der Waals surface area (Å²) in [6, 6.07) is 2.71. The van der Waals surface area contributed by atoms with Crippen molar-refractivity contribution in [1.82, 2.24) is 0 Å². The number of benzene rings is 1. The molecule has 3 nitrogen and oxygen atoms in total. The molecule has 1 aromatic rings. The fourth-order valence-electron chi connectivity index (χ4n) is 1.63. The van der Waals surface area contributed by atoms with Crippen molar-refractivity contribution < 1.29 is 27.8 Å². The summed E-state index contributed by atoms with van der Waals surface area (Å²) in [5.41, 5.74) is 0.399.